The second-order valence-corrected chi connectivity index (χ2v) is 13.6. The van der Waals surface area contributed by atoms with Crippen LogP contribution in [0.5, 0.6) is 11.5 Å². The van der Waals surface area contributed by atoms with E-state index in [2.05, 4.69) is 10.3 Å². The Hall–Kier alpha value is -7.15. The van der Waals surface area contributed by atoms with E-state index in [1.165, 1.54) is 48.5 Å². The van der Waals surface area contributed by atoms with E-state index in [4.69, 9.17) is 33.8 Å². The topological polar surface area (TPSA) is 248 Å². The predicted molar refractivity (Wildman–Crippen MR) is 215 cm³/mol. The Kier molecular flexibility index (Phi) is 14.4. The molecule has 0 bridgehead atoms. The number of nitrogens with two attached hydrogens (primary N) is 1. The zero-order chi connectivity index (χ0) is 42.5. The standard InChI is InChI=1S/C23H24N2O8.C18H16N2O6/c1-23(2,3)33-22(27)24-31-12-4-11-30-18-10-7-16-13-19(21(26)32-20(16)14-18)15-5-8-17(9-6-15)25(28)29;19-25-9-1-8-24-15-7-4-13-10-16(18(21)26-17(13)11-15)12-2-5-14(6-3-12)20(22)23/h5-10,13-14H,4,11-12H2,1-3H3,(H,24,27);2-7,10-11H,1,8-9,19H2. The molecule has 18 heteroatoms. The van der Waals surface area contributed by atoms with E-state index in [0.29, 0.717) is 83.0 Å². The number of carbonyl (C=O) groups excluding carboxylic acids is 1. The highest BCUT2D eigenvalue weighted by Gasteiger charge is 2.16. The number of benzene rings is 4. The third kappa shape index (κ3) is 12.4. The minimum absolute atomic E-state index is 0.0410. The molecule has 1 amide bonds. The van der Waals surface area contributed by atoms with E-state index < -0.39 is 32.8 Å². The number of carbonyl (C=O) groups is 1. The van der Waals surface area contributed by atoms with E-state index in [1.807, 2.05) is 0 Å². The Morgan fingerprint density at radius 1 is 0.661 bits per heavy atom. The summed E-state index contributed by atoms with van der Waals surface area (Å²) in [5, 5.41) is 22.9. The molecule has 6 aromatic rings. The van der Waals surface area contributed by atoms with Crippen molar-refractivity contribution < 1.29 is 47.4 Å². The number of non-ortho nitro benzene ring substituents is 2. The van der Waals surface area contributed by atoms with Crippen LogP contribution in [0.2, 0.25) is 0 Å². The Morgan fingerprint density at radius 2 is 1.10 bits per heavy atom. The largest absolute Gasteiger partial charge is 0.493 e. The fourth-order valence-corrected chi connectivity index (χ4v) is 5.35. The van der Waals surface area contributed by atoms with Crippen molar-refractivity contribution in [1.29, 1.82) is 0 Å². The van der Waals surface area contributed by atoms with Crippen molar-refractivity contribution >= 4 is 39.4 Å². The van der Waals surface area contributed by atoms with Crippen molar-refractivity contribution in [3.05, 3.63) is 138 Å². The van der Waals surface area contributed by atoms with Gasteiger partial charge < -0.3 is 27.9 Å². The van der Waals surface area contributed by atoms with E-state index in [9.17, 15) is 34.6 Å². The van der Waals surface area contributed by atoms with Crippen LogP contribution in [0.1, 0.15) is 33.6 Å². The lowest BCUT2D eigenvalue weighted by Crippen LogP contribution is -2.32. The SMILES string of the molecule is CC(C)(C)OC(=O)NOCCCOc1ccc2cc(-c3ccc([N+](=O)[O-])cc3)c(=O)oc2c1.NOCCCOc1ccc2cc(-c3ccc([N+](=O)[O-])cc3)c(=O)oc2c1. The Bertz CT molecular complexity index is 2530. The van der Waals surface area contributed by atoms with Crippen molar-refractivity contribution in [3.63, 3.8) is 0 Å². The van der Waals surface area contributed by atoms with Crippen molar-refractivity contribution in [2.45, 2.75) is 39.2 Å². The first-order chi connectivity index (χ1) is 28.2. The molecule has 0 aliphatic heterocycles. The van der Waals surface area contributed by atoms with Crippen LogP contribution in [-0.2, 0) is 14.4 Å². The summed E-state index contributed by atoms with van der Waals surface area (Å²) in [6.45, 7) is 6.61. The highest BCUT2D eigenvalue weighted by Crippen LogP contribution is 2.27. The van der Waals surface area contributed by atoms with Gasteiger partial charge in [0.25, 0.3) is 11.4 Å². The van der Waals surface area contributed by atoms with Crippen LogP contribution in [0.4, 0.5) is 16.2 Å². The molecule has 0 saturated heterocycles. The molecule has 0 unspecified atom stereocenters. The minimum atomic E-state index is -0.666. The molecule has 6 rings (SSSR count). The summed E-state index contributed by atoms with van der Waals surface area (Å²) in [5.41, 5.74) is 2.87. The number of nitrogens with one attached hydrogen (secondary N) is 1. The van der Waals surface area contributed by atoms with Crippen molar-refractivity contribution in [2.75, 3.05) is 26.4 Å². The molecule has 0 aliphatic carbocycles. The fourth-order valence-electron chi connectivity index (χ4n) is 5.35. The van der Waals surface area contributed by atoms with Gasteiger partial charge in [0, 0.05) is 60.0 Å². The molecule has 0 fully saturated rings. The van der Waals surface area contributed by atoms with E-state index in [1.54, 1.807) is 69.3 Å². The van der Waals surface area contributed by atoms with Crippen molar-refractivity contribution in [2.24, 2.45) is 5.90 Å². The molecule has 4 aromatic carbocycles. The monoisotopic (exact) mass is 812 g/mol. The minimum Gasteiger partial charge on any atom is -0.493 e. The summed E-state index contributed by atoms with van der Waals surface area (Å²) in [5.74, 6) is 6.02. The highest BCUT2D eigenvalue weighted by atomic mass is 16.7. The molecule has 18 nitrogen and oxygen atoms in total. The van der Waals surface area contributed by atoms with Crippen LogP contribution in [-0.4, -0.2) is 48.0 Å². The summed E-state index contributed by atoms with van der Waals surface area (Å²) in [7, 11) is 0. The maximum atomic E-state index is 12.4. The van der Waals surface area contributed by atoms with Gasteiger partial charge in [-0.05, 0) is 92.6 Å². The highest BCUT2D eigenvalue weighted by molar-refractivity contribution is 5.84. The van der Waals surface area contributed by atoms with Gasteiger partial charge in [-0.25, -0.2) is 20.3 Å². The number of nitro benzene ring substituents is 2. The first-order valence-corrected chi connectivity index (χ1v) is 18.0. The van der Waals surface area contributed by atoms with Gasteiger partial charge in [0.15, 0.2) is 0 Å². The lowest BCUT2D eigenvalue weighted by atomic mass is 10.1. The summed E-state index contributed by atoms with van der Waals surface area (Å²) < 4.78 is 27.0. The lowest BCUT2D eigenvalue weighted by Gasteiger charge is -2.19. The number of hydrogen-bond donors (Lipinski definition) is 2. The first kappa shape index (κ1) is 43.0. The molecule has 0 saturated carbocycles. The molecule has 0 aliphatic rings. The maximum Gasteiger partial charge on any atom is 0.431 e. The number of rotatable bonds is 15. The van der Waals surface area contributed by atoms with Crippen LogP contribution in [0.25, 0.3) is 44.2 Å². The number of hydroxylamine groups is 1. The maximum absolute atomic E-state index is 12.4. The third-order valence-corrected chi connectivity index (χ3v) is 8.08. The molecule has 3 N–H and O–H groups in total. The Morgan fingerprint density at radius 3 is 1.51 bits per heavy atom. The quantitative estimate of drug-likeness (QED) is 0.0438. The second kappa shape index (κ2) is 19.8. The average Bonchev–Trinajstić information content (AvgIpc) is 3.20. The van der Waals surface area contributed by atoms with Crippen LogP contribution < -0.4 is 32.1 Å². The van der Waals surface area contributed by atoms with Crippen molar-refractivity contribution in [3.8, 4) is 33.8 Å². The van der Waals surface area contributed by atoms with E-state index in [0.717, 1.165) is 5.39 Å². The van der Waals surface area contributed by atoms with Gasteiger partial charge in [-0.2, -0.15) is 5.48 Å². The van der Waals surface area contributed by atoms with Gasteiger partial charge in [-0.3, -0.25) is 25.1 Å². The molecule has 2 aromatic heterocycles. The summed E-state index contributed by atoms with van der Waals surface area (Å²) in [4.78, 5) is 66.2. The molecule has 0 spiro atoms. The molecule has 2 heterocycles. The van der Waals surface area contributed by atoms with Crippen LogP contribution in [0.15, 0.2) is 115 Å². The number of hydrogen-bond acceptors (Lipinski definition) is 15. The normalized spacial score (nSPS) is 11.1. The number of ether oxygens (including phenoxy) is 3. The van der Waals surface area contributed by atoms with Gasteiger partial charge >= 0.3 is 17.3 Å². The lowest BCUT2D eigenvalue weighted by molar-refractivity contribution is -0.385. The smallest absolute Gasteiger partial charge is 0.431 e. The third-order valence-electron chi connectivity index (χ3n) is 8.08. The Labute approximate surface area is 335 Å². The zero-order valence-electron chi connectivity index (χ0n) is 32.2. The van der Waals surface area contributed by atoms with Gasteiger partial charge in [-0.1, -0.05) is 0 Å². The molecule has 0 atom stereocenters. The number of nitrogens with zero attached hydrogens (tertiary/aromatic N) is 2. The summed E-state index contributed by atoms with van der Waals surface area (Å²) >= 11 is 0. The zero-order valence-corrected chi connectivity index (χ0v) is 32.2. The summed E-state index contributed by atoms with van der Waals surface area (Å²) in [6.07, 6.45) is 0.468. The second-order valence-electron chi connectivity index (χ2n) is 13.6. The number of fused-ring (bicyclic) bond motifs is 2. The molecular formula is C41H40N4O14. The number of nitro groups is 2. The fraction of sp³-hybridized carbons (Fsp3) is 0.244. The van der Waals surface area contributed by atoms with Gasteiger partial charge in [-0.15, -0.1) is 0 Å². The molecule has 308 valence electrons. The van der Waals surface area contributed by atoms with Gasteiger partial charge in [0.1, 0.15) is 28.3 Å². The van der Waals surface area contributed by atoms with Crippen LogP contribution in [0.3, 0.4) is 0 Å². The molecule has 59 heavy (non-hydrogen) atoms. The average molecular weight is 813 g/mol. The van der Waals surface area contributed by atoms with Gasteiger partial charge in [0.05, 0.1) is 47.4 Å². The first-order valence-electron chi connectivity index (χ1n) is 18.0. The number of amides is 1. The van der Waals surface area contributed by atoms with E-state index >= 15 is 0 Å². The van der Waals surface area contributed by atoms with Gasteiger partial charge in [0.2, 0.25) is 0 Å². The van der Waals surface area contributed by atoms with E-state index in [-0.39, 0.29) is 18.0 Å². The van der Waals surface area contributed by atoms with Crippen molar-refractivity contribution in [1.82, 2.24) is 5.48 Å². The summed E-state index contributed by atoms with van der Waals surface area (Å²) in [6, 6.07) is 25.1. The molecule has 0 radical (unpaired) electrons. The van der Waals surface area contributed by atoms with Crippen LogP contribution >= 0.6 is 0 Å². The Balaban J connectivity index is 0.000000230. The van der Waals surface area contributed by atoms with Crippen LogP contribution in [0, 0.1) is 20.2 Å². The molecular weight excluding hydrogens is 772 g/mol. The predicted octanol–water partition coefficient (Wildman–Crippen LogP) is 7.62.